The van der Waals surface area contributed by atoms with Crippen molar-refractivity contribution in [2.45, 2.75) is 25.9 Å². The fourth-order valence-electron chi connectivity index (χ4n) is 1.86. The van der Waals surface area contributed by atoms with Crippen LogP contribution in [-0.4, -0.2) is 63.5 Å². The Hall–Kier alpha value is -0.160. The van der Waals surface area contributed by atoms with E-state index in [1.807, 2.05) is 0 Å². The molecule has 0 aromatic rings. The third-order valence-corrected chi connectivity index (χ3v) is 2.81. The molecule has 15 heavy (non-hydrogen) atoms. The van der Waals surface area contributed by atoms with E-state index in [9.17, 15) is 0 Å². The van der Waals surface area contributed by atoms with Crippen LogP contribution in [0.5, 0.6) is 0 Å². The van der Waals surface area contributed by atoms with Gasteiger partial charge in [0, 0.05) is 38.8 Å². The molecule has 1 fully saturated rings. The maximum Gasteiger partial charge on any atom is 0.0619 e. The highest BCUT2D eigenvalue weighted by molar-refractivity contribution is 4.72. The maximum atomic E-state index is 5.40. The molecule has 4 nitrogen and oxygen atoms in total. The standard InChI is InChI=1S/C11H24N2O2/c1-10(8-14-3)12-4-5-13-6-7-15-9-11(13)2/h10-12H,4-9H2,1-3H3. The van der Waals surface area contributed by atoms with Crippen molar-refractivity contribution in [2.75, 3.05) is 46.6 Å². The molecule has 0 aromatic heterocycles. The monoisotopic (exact) mass is 216 g/mol. The van der Waals surface area contributed by atoms with Crippen molar-refractivity contribution in [1.29, 1.82) is 0 Å². The summed E-state index contributed by atoms with van der Waals surface area (Å²) in [5.74, 6) is 0. The van der Waals surface area contributed by atoms with Crippen LogP contribution in [0.2, 0.25) is 0 Å². The first-order valence-corrected chi connectivity index (χ1v) is 5.78. The summed E-state index contributed by atoms with van der Waals surface area (Å²) in [7, 11) is 1.74. The van der Waals surface area contributed by atoms with E-state index in [2.05, 4.69) is 24.1 Å². The Bertz CT molecular complexity index is 167. The number of hydrogen-bond donors (Lipinski definition) is 1. The van der Waals surface area contributed by atoms with Gasteiger partial charge < -0.3 is 14.8 Å². The molecule has 0 amide bonds. The van der Waals surface area contributed by atoms with E-state index in [1.54, 1.807) is 7.11 Å². The number of nitrogens with one attached hydrogen (secondary N) is 1. The van der Waals surface area contributed by atoms with E-state index in [-0.39, 0.29) is 0 Å². The molecule has 0 spiro atoms. The van der Waals surface area contributed by atoms with Crippen LogP contribution in [0.3, 0.4) is 0 Å². The fraction of sp³-hybridized carbons (Fsp3) is 1.00. The average Bonchev–Trinajstić information content (AvgIpc) is 2.21. The number of morpholine rings is 1. The Labute approximate surface area is 92.9 Å². The topological polar surface area (TPSA) is 33.7 Å². The minimum absolute atomic E-state index is 0.436. The molecule has 0 saturated carbocycles. The highest BCUT2D eigenvalue weighted by atomic mass is 16.5. The molecule has 0 aliphatic carbocycles. The Morgan fingerprint density at radius 1 is 1.60 bits per heavy atom. The fourth-order valence-corrected chi connectivity index (χ4v) is 1.86. The van der Waals surface area contributed by atoms with Gasteiger partial charge in [-0.05, 0) is 13.8 Å². The second kappa shape index (κ2) is 7.17. The lowest BCUT2D eigenvalue weighted by Gasteiger charge is -2.33. The van der Waals surface area contributed by atoms with Crippen molar-refractivity contribution in [3.05, 3.63) is 0 Å². The van der Waals surface area contributed by atoms with Gasteiger partial charge in [-0.1, -0.05) is 0 Å². The van der Waals surface area contributed by atoms with Gasteiger partial charge in [0.15, 0.2) is 0 Å². The van der Waals surface area contributed by atoms with E-state index in [4.69, 9.17) is 9.47 Å². The van der Waals surface area contributed by atoms with Crippen molar-refractivity contribution >= 4 is 0 Å². The molecule has 4 heteroatoms. The number of nitrogens with zero attached hydrogens (tertiary/aromatic N) is 1. The van der Waals surface area contributed by atoms with E-state index < -0.39 is 0 Å². The lowest BCUT2D eigenvalue weighted by molar-refractivity contribution is -0.0000528. The summed E-state index contributed by atoms with van der Waals surface area (Å²) in [5.41, 5.74) is 0. The van der Waals surface area contributed by atoms with Crippen LogP contribution in [0, 0.1) is 0 Å². The van der Waals surface area contributed by atoms with Crippen molar-refractivity contribution in [1.82, 2.24) is 10.2 Å². The summed E-state index contributed by atoms with van der Waals surface area (Å²) in [5, 5.41) is 3.44. The van der Waals surface area contributed by atoms with Gasteiger partial charge in [0.1, 0.15) is 0 Å². The number of methoxy groups -OCH3 is 1. The normalized spacial score (nSPS) is 25.4. The summed E-state index contributed by atoms with van der Waals surface area (Å²) in [4.78, 5) is 2.47. The number of rotatable bonds is 6. The van der Waals surface area contributed by atoms with Gasteiger partial charge in [-0.25, -0.2) is 0 Å². The molecule has 0 aromatic carbocycles. The zero-order valence-electron chi connectivity index (χ0n) is 10.2. The predicted octanol–water partition coefficient (Wildman–Crippen LogP) is 0.332. The highest BCUT2D eigenvalue weighted by Crippen LogP contribution is 2.04. The molecule has 1 aliphatic heterocycles. The van der Waals surface area contributed by atoms with Crippen LogP contribution in [-0.2, 0) is 9.47 Å². The number of hydrogen-bond acceptors (Lipinski definition) is 4. The van der Waals surface area contributed by atoms with Crippen LogP contribution in [0.4, 0.5) is 0 Å². The molecule has 90 valence electrons. The number of ether oxygens (including phenoxy) is 2. The molecule has 1 heterocycles. The Morgan fingerprint density at radius 3 is 3.07 bits per heavy atom. The largest absolute Gasteiger partial charge is 0.383 e. The summed E-state index contributed by atoms with van der Waals surface area (Å²) >= 11 is 0. The smallest absolute Gasteiger partial charge is 0.0619 e. The molecule has 0 radical (unpaired) electrons. The second-order valence-corrected chi connectivity index (χ2v) is 4.27. The minimum Gasteiger partial charge on any atom is -0.383 e. The van der Waals surface area contributed by atoms with Crippen LogP contribution in [0.15, 0.2) is 0 Å². The van der Waals surface area contributed by atoms with Crippen LogP contribution in [0.1, 0.15) is 13.8 Å². The van der Waals surface area contributed by atoms with Crippen molar-refractivity contribution in [3.63, 3.8) is 0 Å². The highest BCUT2D eigenvalue weighted by Gasteiger charge is 2.17. The first kappa shape index (κ1) is 12.9. The molecule has 1 saturated heterocycles. The first-order chi connectivity index (χ1) is 7.24. The van der Waals surface area contributed by atoms with Crippen molar-refractivity contribution in [2.24, 2.45) is 0 Å². The average molecular weight is 216 g/mol. The molecule has 1 N–H and O–H groups in total. The summed E-state index contributed by atoms with van der Waals surface area (Å²) in [6.45, 7) is 10.1. The first-order valence-electron chi connectivity index (χ1n) is 5.78. The van der Waals surface area contributed by atoms with Crippen molar-refractivity contribution < 1.29 is 9.47 Å². The Kier molecular flexibility index (Phi) is 6.17. The molecular weight excluding hydrogens is 192 g/mol. The zero-order chi connectivity index (χ0) is 11.1. The molecule has 2 unspecified atom stereocenters. The van der Waals surface area contributed by atoms with Gasteiger partial charge in [-0.2, -0.15) is 0 Å². The molecule has 1 aliphatic rings. The molecule has 1 rings (SSSR count). The van der Waals surface area contributed by atoms with Gasteiger partial charge in [0.05, 0.1) is 19.8 Å². The lowest BCUT2D eigenvalue weighted by atomic mass is 10.2. The lowest BCUT2D eigenvalue weighted by Crippen LogP contribution is -2.47. The quantitative estimate of drug-likeness (QED) is 0.694. The molecule has 0 bridgehead atoms. The van der Waals surface area contributed by atoms with Crippen LogP contribution in [0.25, 0.3) is 0 Å². The SMILES string of the molecule is COCC(C)NCCN1CCOCC1C. The van der Waals surface area contributed by atoms with E-state index in [0.717, 1.165) is 39.5 Å². The molecule has 2 atom stereocenters. The van der Waals surface area contributed by atoms with Gasteiger partial charge in [0.2, 0.25) is 0 Å². The summed E-state index contributed by atoms with van der Waals surface area (Å²) in [6, 6.07) is 0.990. The van der Waals surface area contributed by atoms with Gasteiger partial charge in [-0.15, -0.1) is 0 Å². The predicted molar refractivity (Wildman–Crippen MR) is 61.2 cm³/mol. The van der Waals surface area contributed by atoms with Crippen LogP contribution < -0.4 is 5.32 Å². The Balaban J connectivity index is 2.08. The van der Waals surface area contributed by atoms with Gasteiger partial charge >= 0.3 is 0 Å². The summed E-state index contributed by atoms with van der Waals surface area (Å²) in [6.07, 6.45) is 0. The molecular formula is C11H24N2O2. The van der Waals surface area contributed by atoms with Crippen molar-refractivity contribution in [3.8, 4) is 0 Å². The third kappa shape index (κ3) is 4.93. The summed E-state index contributed by atoms with van der Waals surface area (Å²) < 4.78 is 10.5. The second-order valence-electron chi connectivity index (χ2n) is 4.27. The Morgan fingerprint density at radius 2 is 2.40 bits per heavy atom. The van der Waals surface area contributed by atoms with Gasteiger partial charge in [0.25, 0.3) is 0 Å². The van der Waals surface area contributed by atoms with E-state index in [0.29, 0.717) is 12.1 Å². The third-order valence-electron chi connectivity index (χ3n) is 2.81. The van der Waals surface area contributed by atoms with Gasteiger partial charge in [-0.3, -0.25) is 4.90 Å². The minimum atomic E-state index is 0.436. The zero-order valence-corrected chi connectivity index (χ0v) is 10.2. The maximum absolute atomic E-state index is 5.40. The van der Waals surface area contributed by atoms with E-state index in [1.165, 1.54) is 0 Å². The van der Waals surface area contributed by atoms with E-state index >= 15 is 0 Å². The van der Waals surface area contributed by atoms with Crippen LogP contribution >= 0.6 is 0 Å².